The number of carbonyl (C=O) groups excluding carboxylic acids is 1. The van der Waals surface area contributed by atoms with Crippen LogP contribution in [0.2, 0.25) is 0 Å². The second kappa shape index (κ2) is 4.65. The molecule has 0 saturated carbocycles. The molecule has 0 atom stereocenters. The zero-order valence-electron chi connectivity index (χ0n) is 4.56. The van der Waals surface area contributed by atoms with Crippen LogP contribution < -0.4 is 0 Å². The number of ether oxygens (including phenoxy) is 1. The van der Waals surface area contributed by atoms with Crippen molar-refractivity contribution in [2.75, 3.05) is 0 Å². The molecule has 0 aliphatic heterocycles. The Morgan fingerprint density at radius 3 is 2.88 bits per heavy atom. The molecule has 0 unspecified atom stereocenters. The zero-order valence-corrected chi connectivity index (χ0v) is 5.31. The molecule has 0 radical (unpaired) electrons. The highest BCUT2D eigenvalue weighted by Gasteiger charge is 1.85. The van der Waals surface area contributed by atoms with Gasteiger partial charge in [0, 0.05) is 11.6 Å². The molecule has 0 N–H and O–H groups in total. The maximum absolute atomic E-state index is 9.81. The third kappa shape index (κ3) is 5.50. The van der Waals surface area contributed by atoms with Crippen LogP contribution >= 0.6 is 11.6 Å². The van der Waals surface area contributed by atoms with Crippen LogP contribution in [0.4, 0.5) is 4.79 Å². The molecule has 0 saturated heterocycles. The van der Waals surface area contributed by atoms with Gasteiger partial charge in [0.05, 0.1) is 6.26 Å². The van der Waals surface area contributed by atoms with Gasteiger partial charge in [-0.05, 0) is 12.5 Å². The van der Waals surface area contributed by atoms with Gasteiger partial charge in [-0.3, -0.25) is 0 Å². The first kappa shape index (κ1) is 7.50. The molecular weight excluding hydrogens is 128 g/mol. The van der Waals surface area contributed by atoms with E-state index in [0.29, 0.717) is 0 Å². The van der Waals surface area contributed by atoms with E-state index in [9.17, 15) is 4.79 Å². The topological polar surface area (TPSA) is 26.3 Å². The van der Waals surface area contributed by atoms with Gasteiger partial charge in [-0.2, -0.15) is 0 Å². The van der Waals surface area contributed by atoms with Crippen molar-refractivity contribution in [3.05, 3.63) is 12.3 Å². The second-order valence-corrected chi connectivity index (χ2v) is 1.44. The van der Waals surface area contributed by atoms with Gasteiger partial charge < -0.3 is 4.74 Å². The van der Waals surface area contributed by atoms with Gasteiger partial charge in [-0.1, -0.05) is 6.92 Å². The van der Waals surface area contributed by atoms with E-state index >= 15 is 0 Å². The number of hydrogen-bond donors (Lipinski definition) is 0. The minimum absolute atomic E-state index is 0.797. The predicted octanol–water partition coefficient (Wildman–Crippen LogP) is 2.29. The van der Waals surface area contributed by atoms with Crippen molar-refractivity contribution in [1.82, 2.24) is 0 Å². The van der Waals surface area contributed by atoms with Crippen LogP contribution in [0, 0.1) is 0 Å². The molecule has 0 aromatic carbocycles. The lowest BCUT2D eigenvalue weighted by Gasteiger charge is -1.84. The minimum atomic E-state index is -0.797. The zero-order chi connectivity index (χ0) is 6.41. The van der Waals surface area contributed by atoms with E-state index in [2.05, 4.69) is 4.74 Å². The Kier molecular flexibility index (Phi) is 4.36. The van der Waals surface area contributed by atoms with Gasteiger partial charge in [0.1, 0.15) is 0 Å². The molecule has 0 aliphatic carbocycles. The highest BCUT2D eigenvalue weighted by molar-refractivity contribution is 6.61. The molecule has 8 heavy (non-hydrogen) atoms. The van der Waals surface area contributed by atoms with E-state index in [1.807, 2.05) is 6.92 Å². The Morgan fingerprint density at radius 2 is 2.50 bits per heavy atom. The maximum atomic E-state index is 9.81. The standard InChI is InChI=1S/C5H7ClO2/c1-2-3-4-8-5(6)7/h3-4H,2H2,1H3/b4-3+. The fourth-order valence-electron chi connectivity index (χ4n) is 0.198. The molecule has 3 heteroatoms. The summed E-state index contributed by atoms with van der Waals surface area (Å²) in [6.07, 6.45) is 3.81. The first-order valence-electron chi connectivity index (χ1n) is 2.28. The molecule has 2 nitrogen and oxygen atoms in total. The van der Waals surface area contributed by atoms with Crippen molar-refractivity contribution >= 4 is 17.0 Å². The van der Waals surface area contributed by atoms with Crippen molar-refractivity contribution in [2.24, 2.45) is 0 Å². The Morgan fingerprint density at radius 1 is 1.88 bits per heavy atom. The summed E-state index contributed by atoms with van der Waals surface area (Å²) in [5.41, 5.74) is -0.797. The highest BCUT2D eigenvalue weighted by atomic mass is 35.5. The van der Waals surface area contributed by atoms with Gasteiger partial charge in [-0.15, -0.1) is 0 Å². The van der Waals surface area contributed by atoms with E-state index in [0.717, 1.165) is 6.42 Å². The molecule has 0 fully saturated rings. The van der Waals surface area contributed by atoms with Crippen LogP contribution in [-0.2, 0) is 4.74 Å². The molecular formula is C5H7ClO2. The molecule has 0 aromatic rings. The van der Waals surface area contributed by atoms with Crippen LogP contribution in [0.1, 0.15) is 13.3 Å². The first-order valence-corrected chi connectivity index (χ1v) is 2.66. The number of rotatable bonds is 2. The summed E-state index contributed by atoms with van der Waals surface area (Å²) in [7, 11) is 0. The minimum Gasteiger partial charge on any atom is -0.423 e. The lowest BCUT2D eigenvalue weighted by Crippen LogP contribution is -1.81. The number of halogens is 1. The van der Waals surface area contributed by atoms with Crippen LogP contribution in [0.3, 0.4) is 0 Å². The third-order valence-electron chi connectivity index (χ3n) is 0.493. The van der Waals surface area contributed by atoms with Gasteiger partial charge >= 0.3 is 5.43 Å². The summed E-state index contributed by atoms with van der Waals surface area (Å²) in [4.78, 5) is 9.81. The summed E-state index contributed by atoms with van der Waals surface area (Å²) < 4.78 is 4.23. The van der Waals surface area contributed by atoms with E-state index in [4.69, 9.17) is 11.6 Å². The van der Waals surface area contributed by atoms with Crippen molar-refractivity contribution in [2.45, 2.75) is 13.3 Å². The molecule has 0 aliphatic rings. The van der Waals surface area contributed by atoms with E-state index in [-0.39, 0.29) is 0 Å². The van der Waals surface area contributed by atoms with Crippen LogP contribution in [0.15, 0.2) is 12.3 Å². The van der Waals surface area contributed by atoms with Gasteiger partial charge in [-0.25, -0.2) is 4.79 Å². The fraction of sp³-hybridized carbons (Fsp3) is 0.400. The summed E-state index contributed by atoms with van der Waals surface area (Å²) in [6.45, 7) is 1.93. The number of hydrogen-bond acceptors (Lipinski definition) is 2. The molecule has 0 aromatic heterocycles. The average Bonchev–Trinajstić information content (AvgIpc) is 1.66. The van der Waals surface area contributed by atoms with E-state index in [1.54, 1.807) is 6.08 Å². The SMILES string of the molecule is CC/C=C/OC(=O)Cl. The summed E-state index contributed by atoms with van der Waals surface area (Å²) in [6, 6.07) is 0. The lowest BCUT2D eigenvalue weighted by molar-refractivity contribution is 0.212. The van der Waals surface area contributed by atoms with Gasteiger partial charge in [0.15, 0.2) is 0 Å². The predicted molar refractivity (Wildman–Crippen MR) is 31.8 cm³/mol. The summed E-state index contributed by atoms with van der Waals surface area (Å²) in [5.74, 6) is 0. The molecule has 0 heterocycles. The molecule has 0 spiro atoms. The van der Waals surface area contributed by atoms with Gasteiger partial charge in [0.25, 0.3) is 0 Å². The maximum Gasteiger partial charge on any atom is 0.408 e. The Labute approximate surface area is 53.1 Å². The monoisotopic (exact) mass is 134 g/mol. The molecule has 46 valence electrons. The molecule has 0 bridgehead atoms. The molecule has 0 rings (SSSR count). The van der Waals surface area contributed by atoms with Crippen molar-refractivity contribution in [3.8, 4) is 0 Å². The smallest absolute Gasteiger partial charge is 0.408 e. The average molecular weight is 135 g/mol. The summed E-state index contributed by atoms with van der Waals surface area (Å²) in [5, 5.41) is 0. The van der Waals surface area contributed by atoms with Gasteiger partial charge in [0.2, 0.25) is 0 Å². The van der Waals surface area contributed by atoms with Crippen LogP contribution in [0.25, 0.3) is 0 Å². The Hall–Kier alpha value is -0.500. The number of allylic oxidation sites excluding steroid dienone is 1. The van der Waals surface area contributed by atoms with Crippen molar-refractivity contribution in [3.63, 3.8) is 0 Å². The normalized spacial score (nSPS) is 9.75. The van der Waals surface area contributed by atoms with Crippen molar-refractivity contribution < 1.29 is 9.53 Å². The van der Waals surface area contributed by atoms with Crippen LogP contribution in [0.5, 0.6) is 0 Å². The largest absolute Gasteiger partial charge is 0.423 e. The van der Waals surface area contributed by atoms with Crippen LogP contribution in [-0.4, -0.2) is 5.43 Å². The molecule has 0 amide bonds. The van der Waals surface area contributed by atoms with Crippen molar-refractivity contribution in [1.29, 1.82) is 0 Å². The number of carbonyl (C=O) groups is 1. The summed E-state index contributed by atoms with van der Waals surface area (Å²) >= 11 is 4.80. The van der Waals surface area contributed by atoms with E-state index in [1.165, 1.54) is 6.26 Å². The third-order valence-corrected chi connectivity index (χ3v) is 0.582. The lowest BCUT2D eigenvalue weighted by atomic mass is 10.5. The highest BCUT2D eigenvalue weighted by Crippen LogP contribution is 1.88. The quantitative estimate of drug-likeness (QED) is 0.428. The van der Waals surface area contributed by atoms with E-state index < -0.39 is 5.43 Å². The Balaban J connectivity index is 3.16. The fourth-order valence-corrected chi connectivity index (χ4v) is 0.249. The first-order chi connectivity index (χ1) is 3.77. The second-order valence-electron chi connectivity index (χ2n) is 1.14. The Bertz CT molecular complexity index is 98.6.